The van der Waals surface area contributed by atoms with E-state index >= 15 is 0 Å². The lowest BCUT2D eigenvalue weighted by Crippen LogP contribution is -2.42. The normalized spacial score (nSPS) is 26.2. The fourth-order valence-electron chi connectivity index (χ4n) is 1.90. The van der Waals surface area contributed by atoms with Gasteiger partial charge in [-0.2, -0.15) is 0 Å². The molecule has 1 aliphatic carbocycles. The molecule has 1 fully saturated rings. The van der Waals surface area contributed by atoms with Gasteiger partial charge in [-0.05, 0) is 25.0 Å². The maximum atomic E-state index is 11.7. The maximum Gasteiger partial charge on any atom is 0.287 e. The van der Waals surface area contributed by atoms with E-state index in [0.29, 0.717) is 10.6 Å². The molecule has 1 saturated carbocycles. The van der Waals surface area contributed by atoms with Gasteiger partial charge in [0.2, 0.25) is 0 Å². The Hall–Kier alpha value is -0.770. The standard InChI is InChI=1S/C11H14BrNO2/c12-8-4-1-2-5-9(8)13-11(14)10-6-3-7-15-10/h3,6-9H,1-2,4-5H2,(H,13,14). The molecule has 0 bridgehead atoms. The van der Waals surface area contributed by atoms with Crippen LogP contribution in [0.15, 0.2) is 22.8 Å². The summed E-state index contributed by atoms with van der Waals surface area (Å²) in [6, 6.07) is 3.64. The quantitative estimate of drug-likeness (QED) is 0.841. The molecule has 1 aliphatic rings. The predicted octanol–water partition coefficient (Wildman–Crippen LogP) is 2.72. The van der Waals surface area contributed by atoms with Crippen molar-refractivity contribution in [3.63, 3.8) is 0 Å². The van der Waals surface area contributed by atoms with Gasteiger partial charge in [-0.3, -0.25) is 4.79 Å². The smallest absolute Gasteiger partial charge is 0.287 e. The first-order valence-corrected chi connectivity index (χ1v) is 6.17. The van der Waals surface area contributed by atoms with Crippen molar-refractivity contribution in [1.82, 2.24) is 5.32 Å². The second kappa shape index (κ2) is 4.84. The highest BCUT2D eigenvalue weighted by Crippen LogP contribution is 2.24. The molecule has 0 aliphatic heterocycles. The Morgan fingerprint density at radius 2 is 2.27 bits per heavy atom. The van der Waals surface area contributed by atoms with E-state index in [4.69, 9.17) is 4.42 Å². The number of hydrogen-bond acceptors (Lipinski definition) is 2. The minimum Gasteiger partial charge on any atom is -0.459 e. The number of halogens is 1. The average Bonchev–Trinajstić information content (AvgIpc) is 2.74. The highest BCUT2D eigenvalue weighted by molar-refractivity contribution is 9.09. The lowest BCUT2D eigenvalue weighted by Gasteiger charge is -2.27. The zero-order chi connectivity index (χ0) is 10.7. The summed E-state index contributed by atoms with van der Waals surface area (Å²) in [7, 11) is 0. The number of carbonyl (C=O) groups excluding carboxylic acids is 1. The third kappa shape index (κ3) is 2.62. The van der Waals surface area contributed by atoms with Gasteiger partial charge in [0.15, 0.2) is 5.76 Å². The van der Waals surface area contributed by atoms with Crippen molar-refractivity contribution in [3.8, 4) is 0 Å². The number of hydrogen-bond donors (Lipinski definition) is 1. The monoisotopic (exact) mass is 271 g/mol. The van der Waals surface area contributed by atoms with Crippen LogP contribution in [0.2, 0.25) is 0 Å². The van der Waals surface area contributed by atoms with Crippen LogP contribution in [0, 0.1) is 0 Å². The number of carbonyl (C=O) groups is 1. The Kier molecular flexibility index (Phi) is 3.46. The minimum absolute atomic E-state index is 0.114. The molecule has 0 aromatic carbocycles. The van der Waals surface area contributed by atoms with Crippen LogP contribution in [0.1, 0.15) is 36.2 Å². The molecule has 1 heterocycles. The molecule has 1 aromatic rings. The van der Waals surface area contributed by atoms with Gasteiger partial charge in [0.1, 0.15) is 0 Å². The predicted molar refractivity (Wildman–Crippen MR) is 61.1 cm³/mol. The SMILES string of the molecule is O=C(NC1CCCCC1Br)c1ccco1. The summed E-state index contributed by atoms with van der Waals surface area (Å²) < 4.78 is 5.04. The molecule has 3 nitrogen and oxygen atoms in total. The minimum atomic E-state index is -0.114. The third-order valence-electron chi connectivity index (χ3n) is 2.74. The molecule has 1 amide bonds. The van der Waals surface area contributed by atoms with Gasteiger partial charge in [-0.15, -0.1) is 0 Å². The molecular weight excluding hydrogens is 258 g/mol. The van der Waals surface area contributed by atoms with E-state index in [9.17, 15) is 4.79 Å². The molecule has 15 heavy (non-hydrogen) atoms. The van der Waals surface area contributed by atoms with Crippen molar-refractivity contribution >= 4 is 21.8 Å². The van der Waals surface area contributed by atoms with Crippen LogP contribution < -0.4 is 5.32 Å². The van der Waals surface area contributed by atoms with Crippen molar-refractivity contribution in [2.45, 2.75) is 36.6 Å². The molecule has 0 spiro atoms. The van der Waals surface area contributed by atoms with Crippen LogP contribution in [0.5, 0.6) is 0 Å². The van der Waals surface area contributed by atoms with Gasteiger partial charge in [0, 0.05) is 10.9 Å². The topological polar surface area (TPSA) is 42.2 Å². The molecule has 0 saturated heterocycles. The molecular formula is C11H14BrNO2. The van der Waals surface area contributed by atoms with Gasteiger partial charge < -0.3 is 9.73 Å². The molecule has 2 unspecified atom stereocenters. The fraction of sp³-hybridized carbons (Fsp3) is 0.545. The van der Waals surface area contributed by atoms with E-state index in [1.54, 1.807) is 12.1 Å². The number of nitrogens with one attached hydrogen (secondary N) is 1. The number of furan rings is 1. The maximum absolute atomic E-state index is 11.7. The highest BCUT2D eigenvalue weighted by Gasteiger charge is 2.25. The van der Waals surface area contributed by atoms with E-state index < -0.39 is 0 Å². The van der Waals surface area contributed by atoms with Crippen LogP contribution >= 0.6 is 15.9 Å². The zero-order valence-electron chi connectivity index (χ0n) is 8.41. The summed E-state index contributed by atoms with van der Waals surface area (Å²) in [4.78, 5) is 12.1. The molecule has 1 N–H and O–H groups in total. The second-order valence-corrected chi connectivity index (χ2v) is 5.03. The van der Waals surface area contributed by atoms with E-state index in [2.05, 4.69) is 21.2 Å². The molecule has 1 aromatic heterocycles. The first kappa shape index (κ1) is 10.7. The first-order valence-electron chi connectivity index (χ1n) is 5.26. The van der Waals surface area contributed by atoms with Crippen molar-refractivity contribution in [2.24, 2.45) is 0 Å². The largest absolute Gasteiger partial charge is 0.459 e. The highest BCUT2D eigenvalue weighted by atomic mass is 79.9. The van der Waals surface area contributed by atoms with Gasteiger partial charge in [0.25, 0.3) is 5.91 Å². The summed E-state index contributed by atoms with van der Waals surface area (Å²) in [5.74, 6) is 0.275. The van der Waals surface area contributed by atoms with Crippen LogP contribution in [-0.2, 0) is 0 Å². The van der Waals surface area contributed by atoms with Crippen molar-refractivity contribution in [3.05, 3.63) is 24.2 Å². The van der Waals surface area contributed by atoms with Gasteiger partial charge >= 0.3 is 0 Å². The Bertz CT molecular complexity index is 323. The summed E-state index contributed by atoms with van der Waals surface area (Å²) in [5, 5.41) is 2.99. The Labute approximate surface area is 97.4 Å². The Morgan fingerprint density at radius 1 is 1.47 bits per heavy atom. The lowest BCUT2D eigenvalue weighted by atomic mass is 9.95. The number of alkyl halides is 1. The van der Waals surface area contributed by atoms with E-state index in [-0.39, 0.29) is 11.9 Å². The lowest BCUT2D eigenvalue weighted by molar-refractivity contribution is 0.0901. The molecule has 82 valence electrons. The first-order chi connectivity index (χ1) is 7.27. The second-order valence-electron chi connectivity index (χ2n) is 3.86. The summed E-state index contributed by atoms with van der Waals surface area (Å²) in [6.45, 7) is 0. The van der Waals surface area contributed by atoms with Gasteiger partial charge in [-0.25, -0.2) is 0 Å². The van der Waals surface area contributed by atoms with E-state index in [1.807, 2.05) is 0 Å². The van der Waals surface area contributed by atoms with Crippen molar-refractivity contribution < 1.29 is 9.21 Å². The third-order valence-corrected chi connectivity index (χ3v) is 3.84. The van der Waals surface area contributed by atoms with Crippen LogP contribution in [-0.4, -0.2) is 16.8 Å². The summed E-state index contributed by atoms with van der Waals surface area (Å²) in [6.07, 6.45) is 6.11. The Balaban J connectivity index is 1.93. The van der Waals surface area contributed by atoms with E-state index in [0.717, 1.165) is 12.8 Å². The molecule has 4 heteroatoms. The molecule has 0 radical (unpaired) electrons. The van der Waals surface area contributed by atoms with E-state index in [1.165, 1.54) is 19.1 Å². The van der Waals surface area contributed by atoms with Crippen LogP contribution in [0.4, 0.5) is 0 Å². The Morgan fingerprint density at radius 3 is 2.93 bits per heavy atom. The number of amides is 1. The zero-order valence-corrected chi connectivity index (χ0v) is 10.00. The number of rotatable bonds is 2. The summed E-state index contributed by atoms with van der Waals surface area (Å²) >= 11 is 3.60. The van der Waals surface area contributed by atoms with Crippen LogP contribution in [0.3, 0.4) is 0 Å². The van der Waals surface area contributed by atoms with Crippen molar-refractivity contribution in [1.29, 1.82) is 0 Å². The average molecular weight is 272 g/mol. The summed E-state index contributed by atoms with van der Waals surface area (Å²) in [5.41, 5.74) is 0. The van der Waals surface area contributed by atoms with Crippen LogP contribution in [0.25, 0.3) is 0 Å². The molecule has 2 rings (SSSR count). The fourth-order valence-corrected chi connectivity index (χ4v) is 2.62. The van der Waals surface area contributed by atoms with Crippen molar-refractivity contribution in [2.75, 3.05) is 0 Å². The molecule has 2 atom stereocenters. The van der Waals surface area contributed by atoms with Gasteiger partial charge in [0.05, 0.1) is 6.26 Å². The van der Waals surface area contributed by atoms with Gasteiger partial charge in [-0.1, -0.05) is 28.8 Å².